The average Bonchev–Trinajstić information content (AvgIpc) is 3.19. The monoisotopic (exact) mass is 341 g/mol. The van der Waals surface area contributed by atoms with Gasteiger partial charge in [0.25, 0.3) is 5.89 Å². The summed E-state index contributed by atoms with van der Waals surface area (Å²) in [6.07, 6.45) is 3.02. The molecular weight excluding hydrogens is 330 g/mol. The van der Waals surface area contributed by atoms with Gasteiger partial charge in [0.2, 0.25) is 5.89 Å². The molecule has 0 aliphatic carbocycles. The van der Waals surface area contributed by atoms with Crippen molar-refractivity contribution in [3.63, 3.8) is 0 Å². The van der Waals surface area contributed by atoms with Gasteiger partial charge >= 0.3 is 0 Å². The first-order valence-corrected chi connectivity index (χ1v) is 7.63. The Kier molecular flexibility index (Phi) is 3.80. The van der Waals surface area contributed by atoms with Crippen molar-refractivity contribution in [2.75, 3.05) is 5.73 Å². The summed E-state index contributed by atoms with van der Waals surface area (Å²) in [5.41, 5.74) is 8.21. The molecule has 0 radical (unpaired) electrons. The highest BCUT2D eigenvalue weighted by Crippen LogP contribution is 2.28. The fourth-order valence-electron chi connectivity index (χ4n) is 2.40. The molecule has 0 saturated heterocycles. The molecule has 0 spiro atoms. The Balaban J connectivity index is 1.79. The third-order valence-corrected chi connectivity index (χ3v) is 3.64. The van der Waals surface area contributed by atoms with Crippen LogP contribution in [0.4, 0.5) is 5.82 Å². The van der Waals surface area contributed by atoms with Gasteiger partial charge in [-0.3, -0.25) is 0 Å². The van der Waals surface area contributed by atoms with Crippen molar-refractivity contribution in [2.45, 2.75) is 0 Å². The summed E-state index contributed by atoms with van der Waals surface area (Å²) in [7, 11) is 0. The molecule has 0 unspecified atom stereocenters. The molecular formula is C18H11N7O. The summed E-state index contributed by atoms with van der Waals surface area (Å²) in [6, 6.07) is 14.8. The maximum absolute atomic E-state index is 9.22. The van der Waals surface area contributed by atoms with Gasteiger partial charge in [0, 0.05) is 17.3 Å². The van der Waals surface area contributed by atoms with Crippen molar-refractivity contribution in [1.82, 2.24) is 25.1 Å². The third kappa shape index (κ3) is 2.74. The van der Waals surface area contributed by atoms with Gasteiger partial charge in [-0.2, -0.15) is 5.26 Å². The summed E-state index contributed by atoms with van der Waals surface area (Å²) >= 11 is 0. The number of benzene rings is 1. The molecule has 0 aliphatic heterocycles. The zero-order valence-corrected chi connectivity index (χ0v) is 13.4. The zero-order chi connectivity index (χ0) is 17.9. The van der Waals surface area contributed by atoms with Gasteiger partial charge in [-0.15, -0.1) is 10.2 Å². The summed E-state index contributed by atoms with van der Waals surface area (Å²) < 4.78 is 5.70. The summed E-state index contributed by atoms with van der Waals surface area (Å²) in [5.74, 6) is 0.656. The first-order valence-electron chi connectivity index (χ1n) is 7.63. The maximum atomic E-state index is 9.22. The van der Waals surface area contributed by atoms with Crippen molar-refractivity contribution in [1.29, 1.82) is 5.26 Å². The number of pyridine rings is 1. The quantitative estimate of drug-likeness (QED) is 0.602. The molecule has 0 atom stereocenters. The first kappa shape index (κ1) is 15.4. The zero-order valence-electron chi connectivity index (χ0n) is 13.4. The summed E-state index contributed by atoms with van der Waals surface area (Å²) in [5, 5.41) is 17.3. The van der Waals surface area contributed by atoms with Gasteiger partial charge < -0.3 is 10.2 Å². The number of aromatic nitrogens is 5. The molecule has 0 bridgehead atoms. The number of hydrogen-bond donors (Lipinski definition) is 1. The Hall–Kier alpha value is -4.12. The van der Waals surface area contributed by atoms with Gasteiger partial charge in [-0.05, 0) is 24.3 Å². The molecule has 4 rings (SSSR count). The van der Waals surface area contributed by atoms with Crippen LogP contribution < -0.4 is 5.73 Å². The van der Waals surface area contributed by atoms with Gasteiger partial charge in [-0.1, -0.05) is 18.2 Å². The molecule has 2 N–H and O–H groups in total. The highest BCUT2D eigenvalue weighted by Gasteiger charge is 2.17. The number of nitrogens with two attached hydrogens (primary N) is 1. The van der Waals surface area contributed by atoms with Crippen LogP contribution in [0.25, 0.3) is 34.3 Å². The minimum Gasteiger partial charge on any atom is -0.414 e. The molecule has 8 heteroatoms. The Morgan fingerprint density at radius 3 is 2.58 bits per heavy atom. The SMILES string of the molecule is N#Cc1ncccc1-c1cnc(N)c(-c2nnc(-c3ccccc3)o2)n1. The lowest BCUT2D eigenvalue weighted by Gasteiger charge is -2.05. The van der Waals surface area contributed by atoms with Crippen LogP contribution in [0, 0.1) is 11.3 Å². The van der Waals surface area contributed by atoms with Crippen molar-refractivity contribution < 1.29 is 4.42 Å². The third-order valence-electron chi connectivity index (χ3n) is 3.64. The average molecular weight is 341 g/mol. The Labute approximate surface area is 148 Å². The van der Waals surface area contributed by atoms with Crippen LogP contribution in [-0.2, 0) is 0 Å². The number of hydrogen-bond acceptors (Lipinski definition) is 8. The van der Waals surface area contributed by atoms with Crippen LogP contribution in [0.5, 0.6) is 0 Å². The minimum atomic E-state index is 0.151. The number of nitriles is 1. The van der Waals surface area contributed by atoms with Crippen LogP contribution >= 0.6 is 0 Å². The van der Waals surface area contributed by atoms with E-state index in [1.807, 2.05) is 36.4 Å². The molecule has 1 aromatic carbocycles. The number of nitrogens with zero attached hydrogens (tertiary/aromatic N) is 6. The predicted octanol–water partition coefficient (Wildman–Crippen LogP) is 2.71. The van der Waals surface area contributed by atoms with Crippen molar-refractivity contribution in [3.05, 3.63) is 60.6 Å². The number of rotatable bonds is 3. The molecule has 8 nitrogen and oxygen atoms in total. The molecule has 0 amide bonds. The number of anilines is 1. The Morgan fingerprint density at radius 2 is 1.77 bits per heavy atom. The number of nitrogen functional groups attached to an aromatic ring is 1. The van der Waals surface area contributed by atoms with E-state index in [9.17, 15) is 5.26 Å². The molecule has 0 fully saturated rings. The highest BCUT2D eigenvalue weighted by molar-refractivity contribution is 5.70. The van der Waals surface area contributed by atoms with Gasteiger partial charge in [0.15, 0.2) is 11.5 Å². The summed E-state index contributed by atoms with van der Waals surface area (Å²) in [6.45, 7) is 0. The van der Waals surface area contributed by atoms with E-state index < -0.39 is 0 Å². The molecule has 0 saturated carbocycles. The van der Waals surface area contributed by atoms with E-state index in [1.165, 1.54) is 12.4 Å². The molecule has 26 heavy (non-hydrogen) atoms. The highest BCUT2D eigenvalue weighted by atomic mass is 16.4. The van der Waals surface area contributed by atoms with Crippen LogP contribution in [0.15, 0.2) is 59.3 Å². The summed E-state index contributed by atoms with van der Waals surface area (Å²) in [4.78, 5) is 12.6. The standard InChI is InChI=1S/C18H11N7O/c19-9-13-12(7-4-8-21-13)14-10-22-16(20)15(23-14)18-25-24-17(26-18)11-5-2-1-3-6-11/h1-8,10H,(H2,20,22). The lowest BCUT2D eigenvalue weighted by atomic mass is 10.1. The lowest BCUT2D eigenvalue weighted by Crippen LogP contribution is -2.00. The Morgan fingerprint density at radius 1 is 0.962 bits per heavy atom. The smallest absolute Gasteiger partial charge is 0.270 e. The van der Waals surface area contributed by atoms with Gasteiger partial charge in [0.1, 0.15) is 11.8 Å². The van der Waals surface area contributed by atoms with E-state index in [0.29, 0.717) is 17.1 Å². The van der Waals surface area contributed by atoms with Gasteiger partial charge in [-0.25, -0.2) is 15.0 Å². The van der Waals surface area contributed by atoms with Crippen molar-refractivity contribution >= 4 is 5.82 Å². The van der Waals surface area contributed by atoms with Gasteiger partial charge in [0.05, 0.1) is 11.9 Å². The topological polar surface area (TPSA) is 127 Å². The van der Waals surface area contributed by atoms with Crippen LogP contribution in [0.3, 0.4) is 0 Å². The Bertz CT molecular complexity index is 1120. The second-order valence-electron chi connectivity index (χ2n) is 5.28. The van der Waals surface area contributed by atoms with E-state index in [0.717, 1.165) is 5.56 Å². The van der Waals surface area contributed by atoms with E-state index in [2.05, 4.69) is 25.1 Å². The lowest BCUT2D eigenvalue weighted by molar-refractivity contribution is 0.582. The first-order chi connectivity index (χ1) is 12.8. The molecule has 0 aliphatic rings. The normalized spacial score (nSPS) is 10.4. The van der Waals surface area contributed by atoms with Crippen molar-refractivity contribution in [2.24, 2.45) is 0 Å². The van der Waals surface area contributed by atoms with Crippen LogP contribution in [-0.4, -0.2) is 25.1 Å². The molecule has 4 aromatic rings. The molecule has 3 aromatic heterocycles. The van der Waals surface area contributed by atoms with E-state index in [4.69, 9.17) is 10.2 Å². The second kappa shape index (κ2) is 6.41. The fourth-order valence-corrected chi connectivity index (χ4v) is 2.40. The maximum Gasteiger partial charge on any atom is 0.270 e. The predicted molar refractivity (Wildman–Crippen MR) is 93.1 cm³/mol. The van der Waals surface area contributed by atoms with E-state index in [-0.39, 0.29) is 23.1 Å². The molecule has 3 heterocycles. The largest absolute Gasteiger partial charge is 0.414 e. The molecule has 124 valence electrons. The van der Waals surface area contributed by atoms with E-state index in [1.54, 1.807) is 12.1 Å². The van der Waals surface area contributed by atoms with Crippen LogP contribution in [0.1, 0.15) is 5.69 Å². The fraction of sp³-hybridized carbons (Fsp3) is 0. The second-order valence-corrected chi connectivity index (χ2v) is 5.28. The minimum absolute atomic E-state index is 0.151. The van der Waals surface area contributed by atoms with Crippen LogP contribution in [0.2, 0.25) is 0 Å². The van der Waals surface area contributed by atoms with Crippen molar-refractivity contribution in [3.8, 4) is 40.4 Å². The van der Waals surface area contributed by atoms with E-state index >= 15 is 0 Å².